The second-order valence-corrected chi connectivity index (χ2v) is 7.40. The van der Waals surface area contributed by atoms with Crippen LogP contribution in [0, 0.1) is 6.92 Å². The Morgan fingerprint density at radius 3 is 2.36 bits per heavy atom. The van der Waals surface area contributed by atoms with Crippen LogP contribution >= 0.6 is 0 Å². The van der Waals surface area contributed by atoms with E-state index in [-0.39, 0.29) is 17.5 Å². The second-order valence-electron chi connectivity index (χ2n) is 7.40. The van der Waals surface area contributed by atoms with Gasteiger partial charge in [-0.25, -0.2) is 9.97 Å². The van der Waals surface area contributed by atoms with Gasteiger partial charge in [-0.1, -0.05) is 32.0 Å². The van der Waals surface area contributed by atoms with Gasteiger partial charge in [0.1, 0.15) is 11.5 Å². The van der Waals surface area contributed by atoms with Crippen LogP contribution in [-0.4, -0.2) is 52.9 Å². The van der Waals surface area contributed by atoms with Gasteiger partial charge in [-0.2, -0.15) is 0 Å². The Kier molecular flexibility index (Phi) is 5.92. The number of hydrogen-bond acceptors (Lipinski definition) is 5. The molecule has 28 heavy (non-hydrogen) atoms. The number of para-hydroxylation sites is 1. The summed E-state index contributed by atoms with van der Waals surface area (Å²) in [5, 5.41) is 2.99. The summed E-state index contributed by atoms with van der Waals surface area (Å²) in [7, 11) is 0. The van der Waals surface area contributed by atoms with Crippen LogP contribution in [0.25, 0.3) is 0 Å². The third-order valence-electron chi connectivity index (χ3n) is 5.09. The Balaban J connectivity index is 1.69. The topological polar surface area (TPSA) is 78.4 Å². The number of aromatic nitrogens is 2. The largest absolute Gasteiger partial charge is 0.352 e. The van der Waals surface area contributed by atoms with Gasteiger partial charge in [0.05, 0.1) is 12.4 Å². The zero-order chi connectivity index (χ0) is 20.3. The van der Waals surface area contributed by atoms with E-state index in [1.165, 1.54) is 6.20 Å². The molecule has 1 saturated heterocycles. The molecule has 2 amide bonds. The number of hydrogen-bond donors (Lipinski definition) is 1. The maximum Gasteiger partial charge on any atom is 0.275 e. The quantitative estimate of drug-likeness (QED) is 0.881. The van der Waals surface area contributed by atoms with Crippen LogP contribution in [0.15, 0.2) is 30.6 Å². The molecule has 2 aromatic rings. The Morgan fingerprint density at radius 2 is 1.79 bits per heavy atom. The molecule has 1 fully saturated rings. The number of rotatable bonds is 4. The molecular formula is C21H27N5O2. The minimum Gasteiger partial charge on any atom is -0.352 e. The Hall–Kier alpha value is -2.96. The number of anilines is 2. The molecule has 1 N–H and O–H groups in total. The molecule has 1 aromatic heterocycles. The van der Waals surface area contributed by atoms with Crippen molar-refractivity contribution in [2.75, 3.05) is 36.4 Å². The molecule has 1 aliphatic rings. The lowest BCUT2D eigenvalue weighted by Crippen LogP contribution is -2.48. The van der Waals surface area contributed by atoms with Gasteiger partial charge in [-0.3, -0.25) is 9.59 Å². The lowest BCUT2D eigenvalue weighted by Gasteiger charge is -2.34. The number of benzene rings is 1. The SMILES string of the molecule is CC(=O)N1CCN(c2cnc(C(=O)Nc3c(C)cccc3C(C)C)cn2)CC1. The Bertz CT molecular complexity index is 856. The van der Waals surface area contributed by atoms with Gasteiger partial charge >= 0.3 is 0 Å². The number of carbonyl (C=O) groups is 2. The molecule has 0 atom stereocenters. The highest BCUT2D eigenvalue weighted by Crippen LogP contribution is 2.27. The van der Waals surface area contributed by atoms with E-state index in [9.17, 15) is 9.59 Å². The first kappa shape index (κ1) is 19.8. The van der Waals surface area contributed by atoms with Gasteiger partial charge in [0.2, 0.25) is 5.91 Å². The van der Waals surface area contributed by atoms with E-state index in [1.54, 1.807) is 13.1 Å². The van der Waals surface area contributed by atoms with E-state index >= 15 is 0 Å². The highest BCUT2D eigenvalue weighted by molar-refractivity contribution is 6.03. The fourth-order valence-corrected chi connectivity index (χ4v) is 3.37. The van der Waals surface area contributed by atoms with Gasteiger partial charge in [0, 0.05) is 38.8 Å². The molecule has 0 unspecified atom stereocenters. The van der Waals surface area contributed by atoms with Crippen LogP contribution in [-0.2, 0) is 4.79 Å². The molecule has 2 heterocycles. The third kappa shape index (κ3) is 4.30. The summed E-state index contributed by atoms with van der Waals surface area (Å²) in [5.41, 5.74) is 3.24. The first-order valence-corrected chi connectivity index (χ1v) is 9.60. The zero-order valence-electron chi connectivity index (χ0n) is 16.9. The molecule has 7 heteroatoms. The van der Waals surface area contributed by atoms with Crippen LogP contribution in [0.1, 0.15) is 48.3 Å². The van der Waals surface area contributed by atoms with E-state index in [2.05, 4.69) is 34.0 Å². The van der Waals surface area contributed by atoms with E-state index in [0.29, 0.717) is 32.1 Å². The smallest absolute Gasteiger partial charge is 0.275 e. The second kappa shape index (κ2) is 8.37. The predicted molar refractivity (Wildman–Crippen MR) is 110 cm³/mol. The van der Waals surface area contributed by atoms with Crippen molar-refractivity contribution < 1.29 is 9.59 Å². The highest BCUT2D eigenvalue weighted by atomic mass is 16.2. The average molecular weight is 381 g/mol. The monoisotopic (exact) mass is 381 g/mol. The summed E-state index contributed by atoms with van der Waals surface area (Å²) in [6.45, 7) is 10.5. The number of nitrogens with one attached hydrogen (secondary N) is 1. The molecule has 1 aromatic carbocycles. The Labute approximate surface area is 165 Å². The molecule has 0 bridgehead atoms. The lowest BCUT2D eigenvalue weighted by atomic mass is 9.98. The van der Waals surface area contributed by atoms with Crippen LogP contribution < -0.4 is 10.2 Å². The number of amides is 2. The van der Waals surface area contributed by atoms with Crippen molar-refractivity contribution in [2.24, 2.45) is 0 Å². The predicted octanol–water partition coefficient (Wildman–Crippen LogP) is 2.83. The molecule has 0 spiro atoms. The first-order chi connectivity index (χ1) is 13.4. The molecule has 0 radical (unpaired) electrons. The third-order valence-corrected chi connectivity index (χ3v) is 5.09. The molecule has 148 valence electrons. The molecule has 3 rings (SSSR count). The van der Waals surface area contributed by atoms with Crippen molar-refractivity contribution in [3.05, 3.63) is 47.4 Å². The minimum absolute atomic E-state index is 0.0923. The highest BCUT2D eigenvalue weighted by Gasteiger charge is 2.20. The normalized spacial score (nSPS) is 14.3. The van der Waals surface area contributed by atoms with Crippen molar-refractivity contribution in [1.29, 1.82) is 0 Å². The summed E-state index contributed by atoms with van der Waals surface area (Å²) < 4.78 is 0. The summed E-state index contributed by atoms with van der Waals surface area (Å²) in [4.78, 5) is 36.7. The lowest BCUT2D eigenvalue weighted by molar-refractivity contribution is -0.129. The molecule has 0 aliphatic carbocycles. The van der Waals surface area contributed by atoms with Gasteiger partial charge in [-0.15, -0.1) is 0 Å². The Morgan fingerprint density at radius 1 is 1.07 bits per heavy atom. The van der Waals surface area contributed by atoms with E-state index in [4.69, 9.17) is 0 Å². The van der Waals surface area contributed by atoms with Gasteiger partial charge in [-0.05, 0) is 24.0 Å². The molecule has 0 saturated carbocycles. The van der Waals surface area contributed by atoms with Gasteiger partial charge in [0.25, 0.3) is 5.91 Å². The fraction of sp³-hybridized carbons (Fsp3) is 0.429. The van der Waals surface area contributed by atoms with Crippen LogP contribution in [0.2, 0.25) is 0 Å². The number of carbonyl (C=O) groups excluding carboxylic acids is 2. The minimum atomic E-state index is -0.267. The van der Waals surface area contributed by atoms with E-state index < -0.39 is 0 Å². The number of aryl methyl sites for hydroxylation is 1. The summed E-state index contributed by atoms with van der Waals surface area (Å²) >= 11 is 0. The maximum atomic E-state index is 12.7. The fourth-order valence-electron chi connectivity index (χ4n) is 3.37. The van der Waals surface area contributed by atoms with Gasteiger partial charge in [0.15, 0.2) is 0 Å². The van der Waals surface area contributed by atoms with Crippen LogP contribution in [0.5, 0.6) is 0 Å². The molecule has 1 aliphatic heterocycles. The van der Waals surface area contributed by atoms with Crippen molar-refractivity contribution >= 4 is 23.3 Å². The van der Waals surface area contributed by atoms with Crippen LogP contribution in [0.4, 0.5) is 11.5 Å². The standard InChI is InChI=1S/C21H27N5O2/c1-14(2)17-7-5-6-15(3)20(17)24-21(28)18-12-23-19(13-22-18)26-10-8-25(9-11-26)16(4)27/h5-7,12-14H,8-11H2,1-4H3,(H,24,28). The summed E-state index contributed by atoms with van der Waals surface area (Å²) in [5.74, 6) is 0.849. The van der Waals surface area contributed by atoms with Crippen LogP contribution in [0.3, 0.4) is 0 Å². The average Bonchev–Trinajstić information content (AvgIpc) is 2.69. The molecular weight excluding hydrogens is 354 g/mol. The van der Waals surface area contributed by atoms with Gasteiger partial charge < -0.3 is 15.1 Å². The van der Waals surface area contributed by atoms with Crippen molar-refractivity contribution in [1.82, 2.24) is 14.9 Å². The summed E-state index contributed by atoms with van der Waals surface area (Å²) in [6, 6.07) is 6.01. The number of piperazine rings is 1. The zero-order valence-corrected chi connectivity index (χ0v) is 16.9. The maximum absolute atomic E-state index is 12.7. The first-order valence-electron chi connectivity index (χ1n) is 9.60. The van der Waals surface area contributed by atoms with E-state index in [1.807, 2.05) is 30.0 Å². The molecule has 7 nitrogen and oxygen atoms in total. The van der Waals surface area contributed by atoms with Crippen molar-refractivity contribution in [2.45, 2.75) is 33.6 Å². The number of nitrogens with zero attached hydrogens (tertiary/aromatic N) is 4. The van der Waals surface area contributed by atoms with Crippen molar-refractivity contribution in [3.63, 3.8) is 0 Å². The van der Waals surface area contributed by atoms with Crippen molar-refractivity contribution in [3.8, 4) is 0 Å². The van der Waals surface area contributed by atoms with E-state index in [0.717, 1.165) is 22.6 Å². The summed E-state index contributed by atoms with van der Waals surface area (Å²) in [6.07, 6.45) is 3.13.